The molecule has 0 aliphatic carbocycles. The predicted molar refractivity (Wildman–Crippen MR) is 63.7 cm³/mol. The van der Waals surface area contributed by atoms with Gasteiger partial charge in [0.25, 0.3) is 5.56 Å². The third-order valence-electron chi connectivity index (χ3n) is 2.01. The largest absolute Gasteiger partial charge is 0.478 e. The molecule has 4 heteroatoms. The van der Waals surface area contributed by atoms with Crippen molar-refractivity contribution in [3.8, 4) is 5.69 Å². The van der Waals surface area contributed by atoms with Crippen molar-refractivity contribution in [3.63, 3.8) is 0 Å². The molecule has 1 N–H and O–H groups in total. The van der Waals surface area contributed by atoms with Crippen LogP contribution in [0.15, 0.2) is 47.3 Å². The maximum absolute atomic E-state index is 12.0. The fourth-order valence-electron chi connectivity index (χ4n) is 1.21. The number of aromatic carboxylic acids is 1. The van der Waals surface area contributed by atoms with Gasteiger partial charge >= 0.3 is 5.97 Å². The molecule has 1 aromatic carbocycles. The standard InChI is InChI=1S/C13H11NO3/c1-9-2-5-11(6-3-9)14-8-10(13(16)17)4-7-12(14)15/h2-8H,1H3,(H,16,17)/i1D3,2D,3D,5D,6D. The molecule has 0 saturated carbocycles. The molecule has 4 nitrogen and oxygen atoms in total. The van der Waals surface area contributed by atoms with Crippen LogP contribution < -0.4 is 5.56 Å². The van der Waals surface area contributed by atoms with Crippen molar-refractivity contribution in [2.75, 3.05) is 0 Å². The lowest BCUT2D eigenvalue weighted by molar-refractivity contribution is 0.0696. The van der Waals surface area contributed by atoms with E-state index in [9.17, 15) is 9.59 Å². The Balaban J connectivity index is 2.91. The van der Waals surface area contributed by atoms with Gasteiger partial charge in [-0.3, -0.25) is 9.36 Å². The number of hydrogen-bond donors (Lipinski definition) is 1. The SMILES string of the molecule is [2H]c1c([2H])c(C([2H])([2H])[2H])c([2H])c([2H])c1-n1cc(C(=O)O)ccc1=O. The second kappa shape index (κ2) is 4.25. The molecule has 2 rings (SSSR count). The number of nitrogens with zero attached hydrogens (tertiary/aromatic N) is 1. The summed E-state index contributed by atoms with van der Waals surface area (Å²) in [5.41, 5.74) is -2.34. The zero-order valence-electron chi connectivity index (χ0n) is 15.4. The molecule has 0 aliphatic rings. The number of pyridine rings is 1. The minimum Gasteiger partial charge on any atom is -0.478 e. The van der Waals surface area contributed by atoms with Gasteiger partial charge in [-0.25, -0.2) is 4.79 Å². The average molecular weight is 236 g/mol. The summed E-state index contributed by atoms with van der Waals surface area (Å²) in [6.07, 6.45) is 0.865. The first kappa shape index (κ1) is 5.31. The van der Waals surface area contributed by atoms with E-state index in [-0.39, 0.29) is 5.56 Å². The maximum atomic E-state index is 12.0. The number of hydrogen-bond acceptors (Lipinski definition) is 2. The minimum absolute atomic E-state index is 0.300. The van der Waals surface area contributed by atoms with E-state index in [1.54, 1.807) is 0 Å². The third-order valence-corrected chi connectivity index (χ3v) is 2.01. The van der Waals surface area contributed by atoms with Crippen LogP contribution >= 0.6 is 0 Å². The molecule has 1 heterocycles. The van der Waals surface area contributed by atoms with Gasteiger partial charge in [-0.15, -0.1) is 0 Å². The molecule has 0 fully saturated rings. The normalized spacial score (nSPS) is 16.8. The van der Waals surface area contributed by atoms with Crippen molar-refractivity contribution >= 4 is 5.97 Å². The van der Waals surface area contributed by atoms with Crippen molar-refractivity contribution in [1.29, 1.82) is 0 Å². The lowest BCUT2D eigenvalue weighted by atomic mass is 10.2. The zero-order valence-corrected chi connectivity index (χ0v) is 8.44. The summed E-state index contributed by atoms with van der Waals surface area (Å²) in [4.78, 5) is 23.0. The molecular weight excluding hydrogens is 218 g/mol. The van der Waals surface area contributed by atoms with Crippen LogP contribution in [0.2, 0.25) is 0 Å². The van der Waals surface area contributed by atoms with E-state index in [1.165, 1.54) is 0 Å². The van der Waals surface area contributed by atoms with Gasteiger partial charge in [0.15, 0.2) is 0 Å². The van der Waals surface area contributed by atoms with Crippen molar-refractivity contribution < 1.29 is 19.5 Å². The number of benzene rings is 1. The van der Waals surface area contributed by atoms with E-state index in [0.717, 1.165) is 18.3 Å². The Hall–Kier alpha value is -2.36. The highest BCUT2D eigenvalue weighted by Crippen LogP contribution is 2.08. The molecule has 86 valence electrons. The summed E-state index contributed by atoms with van der Waals surface area (Å²) in [6, 6.07) is -1.16. The lowest BCUT2D eigenvalue weighted by Gasteiger charge is -2.06. The van der Waals surface area contributed by atoms with Gasteiger partial charge in [0.05, 0.1) is 11.0 Å². The molecule has 17 heavy (non-hydrogen) atoms. The van der Waals surface area contributed by atoms with Gasteiger partial charge in [0.1, 0.15) is 0 Å². The Morgan fingerprint density at radius 3 is 2.65 bits per heavy atom. The third kappa shape index (κ3) is 2.25. The Bertz CT molecular complexity index is 873. The average Bonchev–Trinajstić information content (AvgIpc) is 2.45. The van der Waals surface area contributed by atoms with E-state index >= 15 is 0 Å². The molecule has 0 unspecified atom stereocenters. The second-order valence-corrected chi connectivity index (χ2v) is 3.15. The van der Waals surface area contributed by atoms with Crippen LogP contribution in [0.3, 0.4) is 0 Å². The molecule has 2 aromatic rings. The molecule has 1 aromatic heterocycles. The predicted octanol–water partition coefficient (Wildman–Crippen LogP) is 1.84. The fourth-order valence-corrected chi connectivity index (χ4v) is 1.21. The van der Waals surface area contributed by atoms with E-state index in [0.29, 0.717) is 4.57 Å². The van der Waals surface area contributed by atoms with Gasteiger partial charge < -0.3 is 5.11 Å². The highest BCUT2D eigenvalue weighted by atomic mass is 16.4. The van der Waals surface area contributed by atoms with Crippen LogP contribution in [0.25, 0.3) is 5.69 Å². The summed E-state index contributed by atoms with van der Waals surface area (Å²) in [6.45, 7) is -2.87. The molecule has 0 radical (unpaired) electrons. The monoisotopic (exact) mass is 236 g/mol. The van der Waals surface area contributed by atoms with Crippen LogP contribution in [0.1, 0.15) is 25.5 Å². The lowest BCUT2D eigenvalue weighted by Crippen LogP contribution is -2.18. The first-order chi connectivity index (χ1) is 11.0. The molecule has 0 atom stereocenters. The summed E-state index contributed by atoms with van der Waals surface area (Å²) in [5, 5.41) is 8.99. The van der Waals surface area contributed by atoms with Crippen LogP contribution in [0.5, 0.6) is 0 Å². The van der Waals surface area contributed by atoms with Crippen LogP contribution in [0.4, 0.5) is 0 Å². The number of carboxylic acids is 1. The topological polar surface area (TPSA) is 59.3 Å². The van der Waals surface area contributed by atoms with E-state index < -0.39 is 53.8 Å². The van der Waals surface area contributed by atoms with Gasteiger partial charge in [-0.1, -0.05) is 17.6 Å². The quantitative estimate of drug-likeness (QED) is 0.865. The summed E-state index contributed by atoms with van der Waals surface area (Å²) >= 11 is 0. The van der Waals surface area contributed by atoms with Crippen molar-refractivity contribution in [1.82, 2.24) is 4.57 Å². The number of carbonyl (C=O) groups is 1. The van der Waals surface area contributed by atoms with Crippen LogP contribution in [0, 0.1) is 6.85 Å². The summed E-state index contributed by atoms with van der Waals surface area (Å²) in [7, 11) is 0. The Labute approximate surface area is 108 Å². The highest BCUT2D eigenvalue weighted by Gasteiger charge is 2.06. The van der Waals surface area contributed by atoms with Gasteiger partial charge in [0.2, 0.25) is 0 Å². The molecular formula is C13H11NO3. The summed E-state index contributed by atoms with van der Waals surface area (Å²) < 4.78 is 54.1. The summed E-state index contributed by atoms with van der Waals surface area (Å²) in [5.74, 6) is -1.35. The van der Waals surface area contributed by atoms with Crippen LogP contribution in [-0.4, -0.2) is 15.6 Å². The molecule has 0 saturated heterocycles. The number of rotatable bonds is 2. The molecule has 0 bridgehead atoms. The van der Waals surface area contributed by atoms with Gasteiger partial charge in [-0.05, 0) is 25.0 Å². The van der Waals surface area contributed by atoms with Gasteiger partial charge in [-0.2, -0.15) is 0 Å². The van der Waals surface area contributed by atoms with Crippen molar-refractivity contribution in [2.24, 2.45) is 0 Å². The van der Waals surface area contributed by atoms with Crippen molar-refractivity contribution in [3.05, 3.63) is 64.0 Å². The first-order valence-electron chi connectivity index (χ1n) is 8.04. The molecule has 0 amide bonds. The van der Waals surface area contributed by atoms with Crippen LogP contribution in [-0.2, 0) is 0 Å². The van der Waals surface area contributed by atoms with Gasteiger partial charge in [0, 0.05) is 22.1 Å². The Morgan fingerprint density at radius 1 is 1.35 bits per heavy atom. The van der Waals surface area contributed by atoms with E-state index in [4.69, 9.17) is 14.7 Å². The van der Waals surface area contributed by atoms with E-state index in [2.05, 4.69) is 0 Å². The number of carboxylic acid groups (broad SMARTS) is 1. The highest BCUT2D eigenvalue weighted by molar-refractivity contribution is 5.87. The minimum atomic E-state index is -2.87. The fraction of sp³-hybridized carbons (Fsp3) is 0.0769. The smallest absolute Gasteiger partial charge is 0.337 e. The Kier molecular flexibility index (Phi) is 1.33. The molecule has 0 spiro atoms. The van der Waals surface area contributed by atoms with Crippen molar-refractivity contribution in [2.45, 2.75) is 6.85 Å². The Morgan fingerprint density at radius 2 is 2.06 bits per heavy atom. The second-order valence-electron chi connectivity index (χ2n) is 3.15. The zero-order chi connectivity index (χ0) is 18.4. The molecule has 0 aliphatic heterocycles. The first-order valence-corrected chi connectivity index (χ1v) is 4.54. The maximum Gasteiger partial charge on any atom is 0.337 e. The number of aromatic nitrogens is 1. The van der Waals surface area contributed by atoms with E-state index in [1.807, 2.05) is 0 Å².